The second kappa shape index (κ2) is 5.66. The highest BCUT2D eigenvalue weighted by molar-refractivity contribution is 7.92. The summed E-state index contributed by atoms with van der Waals surface area (Å²) in [5, 5.41) is 3.61. The Kier molecular flexibility index (Phi) is 4.57. The topological polar surface area (TPSA) is 83.6 Å². The molecule has 2 aliphatic heterocycles. The average molecular weight is 355 g/mol. The first-order valence-corrected chi connectivity index (χ1v) is 11.1. The van der Waals surface area contributed by atoms with Gasteiger partial charge in [-0.05, 0) is 38.9 Å². The first kappa shape index (κ1) is 17.0. The van der Waals surface area contributed by atoms with Crippen molar-refractivity contribution in [2.75, 3.05) is 29.6 Å². The first-order chi connectivity index (χ1) is 9.56. The van der Waals surface area contributed by atoms with E-state index in [1.54, 1.807) is 0 Å². The summed E-state index contributed by atoms with van der Waals surface area (Å²) in [4.78, 5) is 1.87. The lowest BCUT2D eigenvalue weighted by molar-refractivity contribution is 0.328. The Morgan fingerprint density at radius 1 is 1.29 bits per heavy atom. The summed E-state index contributed by atoms with van der Waals surface area (Å²) in [6.07, 6.45) is 1.10. The number of nitrogens with one attached hydrogen (secondary N) is 1. The Morgan fingerprint density at radius 2 is 1.95 bits per heavy atom. The molecule has 0 aromatic carbocycles. The predicted molar refractivity (Wildman–Crippen MR) is 86.8 cm³/mol. The molecule has 2 unspecified atom stereocenters. The fourth-order valence-corrected chi connectivity index (χ4v) is 7.38. The highest BCUT2D eigenvalue weighted by Crippen LogP contribution is 2.24. The second-order valence-electron chi connectivity index (χ2n) is 6.18. The summed E-state index contributed by atoms with van der Waals surface area (Å²) in [5.41, 5.74) is -0.555. The van der Waals surface area contributed by atoms with E-state index in [9.17, 15) is 16.8 Å². The summed E-state index contributed by atoms with van der Waals surface area (Å²) in [6, 6.07) is -0.110. The van der Waals surface area contributed by atoms with Crippen LogP contribution >= 0.6 is 12.2 Å². The van der Waals surface area contributed by atoms with Crippen molar-refractivity contribution in [1.29, 1.82) is 0 Å². The fourth-order valence-electron chi connectivity index (χ4n) is 3.03. The van der Waals surface area contributed by atoms with Crippen LogP contribution in [-0.2, 0) is 19.7 Å². The molecule has 0 radical (unpaired) electrons. The van der Waals surface area contributed by atoms with Crippen LogP contribution in [0.5, 0.6) is 0 Å². The van der Waals surface area contributed by atoms with Crippen molar-refractivity contribution in [2.24, 2.45) is 0 Å². The molecule has 0 spiro atoms. The van der Waals surface area contributed by atoms with Gasteiger partial charge in [-0.2, -0.15) is 0 Å². The molecule has 0 aliphatic carbocycles. The zero-order valence-electron chi connectivity index (χ0n) is 12.3. The minimum atomic E-state index is -3.01. The molecule has 0 aromatic heterocycles. The third-order valence-electron chi connectivity index (χ3n) is 4.16. The van der Waals surface area contributed by atoms with Crippen molar-refractivity contribution in [3.05, 3.63) is 0 Å². The van der Waals surface area contributed by atoms with Crippen LogP contribution in [0.25, 0.3) is 0 Å². The van der Waals surface area contributed by atoms with Crippen molar-refractivity contribution in [3.63, 3.8) is 0 Å². The fraction of sp³-hybridized carbons (Fsp3) is 0.917. The summed E-state index contributed by atoms with van der Waals surface area (Å²) in [7, 11) is -5.98. The zero-order valence-corrected chi connectivity index (χ0v) is 14.8. The Balaban J connectivity index is 2.05. The molecular formula is C12H22N2O4S3. The highest BCUT2D eigenvalue weighted by atomic mass is 32.2. The molecule has 2 rings (SSSR count). The quantitative estimate of drug-likeness (QED) is 0.711. The number of thiocarbonyl (C=S) groups is 1. The lowest BCUT2D eigenvalue weighted by Gasteiger charge is -2.35. The van der Waals surface area contributed by atoms with E-state index in [1.165, 1.54) is 0 Å². The normalized spacial score (nSPS) is 33.7. The molecule has 2 fully saturated rings. The van der Waals surface area contributed by atoms with Gasteiger partial charge in [-0.1, -0.05) is 0 Å². The van der Waals surface area contributed by atoms with Crippen LogP contribution in [0, 0.1) is 0 Å². The van der Waals surface area contributed by atoms with Crippen molar-refractivity contribution >= 4 is 37.0 Å². The largest absolute Gasteiger partial charge is 0.356 e. The Labute approximate surface area is 132 Å². The molecule has 2 atom stereocenters. The number of hydrogen-bond acceptors (Lipinski definition) is 5. The predicted octanol–water partition coefficient (Wildman–Crippen LogP) is -0.0529. The van der Waals surface area contributed by atoms with E-state index in [4.69, 9.17) is 12.2 Å². The number of hydrogen-bond donors (Lipinski definition) is 1. The lowest BCUT2D eigenvalue weighted by Crippen LogP contribution is -2.54. The van der Waals surface area contributed by atoms with Crippen LogP contribution in [0.4, 0.5) is 0 Å². The van der Waals surface area contributed by atoms with E-state index in [-0.39, 0.29) is 29.1 Å². The van der Waals surface area contributed by atoms with Crippen molar-refractivity contribution in [3.8, 4) is 0 Å². The van der Waals surface area contributed by atoms with Gasteiger partial charge in [0, 0.05) is 12.6 Å². The second-order valence-corrected chi connectivity index (χ2v) is 11.0. The minimum Gasteiger partial charge on any atom is -0.356 e. The SMILES string of the molecule is CCN(C(=S)NC1(C)CCS(=O)(=O)C1)C1CCS(=O)(=O)C1. The molecule has 6 nitrogen and oxygen atoms in total. The summed E-state index contributed by atoms with van der Waals surface area (Å²) in [6.45, 7) is 4.38. The van der Waals surface area contributed by atoms with E-state index >= 15 is 0 Å². The van der Waals surface area contributed by atoms with Gasteiger partial charge in [0.1, 0.15) is 0 Å². The molecule has 2 saturated heterocycles. The van der Waals surface area contributed by atoms with Gasteiger partial charge >= 0.3 is 0 Å². The molecule has 122 valence electrons. The number of rotatable bonds is 3. The minimum absolute atomic E-state index is 0.0701. The van der Waals surface area contributed by atoms with Crippen LogP contribution in [0.15, 0.2) is 0 Å². The maximum absolute atomic E-state index is 11.6. The summed E-state index contributed by atoms with van der Waals surface area (Å²) >= 11 is 5.39. The molecule has 2 aliphatic rings. The zero-order chi connectivity index (χ0) is 15.9. The smallest absolute Gasteiger partial charge is 0.169 e. The van der Waals surface area contributed by atoms with Gasteiger partial charge in [-0.3, -0.25) is 0 Å². The van der Waals surface area contributed by atoms with Crippen molar-refractivity contribution in [1.82, 2.24) is 10.2 Å². The average Bonchev–Trinajstić information content (AvgIpc) is 2.80. The maximum atomic E-state index is 11.6. The monoisotopic (exact) mass is 354 g/mol. The van der Waals surface area contributed by atoms with Gasteiger partial charge in [-0.15, -0.1) is 0 Å². The molecule has 1 N–H and O–H groups in total. The van der Waals surface area contributed by atoms with E-state index in [0.29, 0.717) is 24.5 Å². The first-order valence-electron chi connectivity index (χ1n) is 7.05. The van der Waals surface area contributed by atoms with Gasteiger partial charge < -0.3 is 10.2 Å². The highest BCUT2D eigenvalue weighted by Gasteiger charge is 2.40. The van der Waals surface area contributed by atoms with E-state index in [1.807, 2.05) is 18.7 Å². The Morgan fingerprint density at radius 3 is 2.38 bits per heavy atom. The molecule has 9 heteroatoms. The maximum Gasteiger partial charge on any atom is 0.169 e. The molecule has 0 aromatic rings. The summed E-state index contributed by atoms with van der Waals surface area (Å²) in [5.74, 6) is 0.559. The molecular weight excluding hydrogens is 332 g/mol. The number of nitrogens with zero attached hydrogens (tertiary/aromatic N) is 1. The Hall–Kier alpha value is -0.410. The summed E-state index contributed by atoms with van der Waals surface area (Å²) < 4.78 is 46.5. The number of sulfone groups is 2. The van der Waals surface area contributed by atoms with Crippen molar-refractivity contribution < 1.29 is 16.8 Å². The molecule has 0 saturated carbocycles. The van der Waals surface area contributed by atoms with Gasteiger partial charge in [0.2, 0.25) is 0 Å². The van der Waals surface area contributed by atoms with Crippen LogP contribution in [0.1, 0.15) is 26.7 Å². The van der Waals surface area contributed by atoms with E-state index in [0.717, 1.165) is 0 Å². The standard InChI is InChI=1S/C12H22N2O4S3/c1-3-14(10-4-6-20(15,16)8-10)11(19)13-12(2)5-7-21(17,18)9-12/h10H,3-9H2,1-2H3,(H,13,19). The molecule has 21 heavy (non-hydrogen) atoms. The van der Waals surface area contributed by atoms with Crippen molar-refractivity contribution in [2.45, 2.75) is 38.3 Å². The van der Waals surface area contributed by atoms with E-state index in [2.05, 4.69) is 5.32 Å². The van der Waals surface area contributed by atoms with Crippen LogP contribution in [0.2, 0.25) is 0 Å². The lowest BCUT2D eigenvalue weighted by atomic mass is 10.0. The van der Waals surface area contributed by atoms with Gasteiger partial charge in [0.15, 0.2) is 24.8 Å². The molecule has 0 bridgehead atoms. The van der Waals surface area contributed by atoms with Crippen LogP contribution in [-0.4, -0.2) is 68.0 Å². The van der Waals surface area contributed by atoms with Crippen LogP contribution < -0.4 is 5.32 Å². The van der Waals surface area contributed by atoms with Crippen LogP contribution in [0.3, 0.4) is 0 Å². The molecule has 2 heterocycles. The Bertz CT molecular complexity index is 629. The molecule has 0 amide bonds. The van der Waals surface area contributed by atoms with Gasteiger partial charge in [0.25, 0.3) is 0 Å². The van der Waals surface area contributed by atoms with Gasteiger partial charge in [-0.25, -0.2) is 16.8 Å². The third kappa shape index (κ3) is 4.07. The third-order valence-corrected chi connectivity index (χ3v) is 8.15. The van der Waals surface area contributed by atoms with Gasteiger partial charge in [0.05, 0.1) is 28.6 Å². The van der Waals surface area contributed by atoms with E-state index < -0.39 is 25.2 Å².